The number of benzene rings is 2. The predicted molar refractivity (Wildman–Crippen MR) is 150 cm³/mol. The quantitative estimate of drug-likeness (QED) is 0.362. The number of carbonyl (C=O) groups excluding carboxylic acids is 1. The van der Waals surface area contributed by atoms with Crippen LogP contribution in [-0.4, -0.2) is 70.4 Å². The van der Waals surface area contributed by atoms with E-state index < -0.39 is 0 Å². The third-order valence-corrected chi connectivity index (χ3v) is 8.56. The number of anilines is 1. The molecule has 2 aromatic heterocycles. The van der Waals surface area contributed by atoms with Crippen LogP contribution in [0, 0.1) is 0 Å². The molecule has 4 heterocycles. The Bertz CT molecular complexity index is 1370. The molecule has 0 bridgehead atoms. The van der Waals surface area contributed by atoms with E-state index in [0.29, 0.717) is 6.04 Å². The van der Waals surface area contributed by atoms with E-state index in [4.69, 9.17) is 4.37 Å². The molecule has 2 saturated heterocycles. The monoisotopic (exact) mass is 499 g/mol. The molecule has 7 heteroatoms. The number of piperazine rings is 1. The van der Waals surface area contributed by atoms with Gasteiger partial charge in [-0.2, -0.15) is 4.37 Å². The number of hydrogen-bond donors (Lipinski definition) is 1. The number of piperidine rings is 1. The molecule has 0 aliphatic carbocycles. The van der Waals surface area contributed by atoms with Crippen molar-refractivity contribution in [2.75, 3.05) is 44.2 Å². The normalized spacial score (nSPS) is 19.6. The van der Waals surface area contributed by atoms with Crippen molar-refractivity contribution in [3.05, 3.63) is 66.4 Å². The van der Waals surface area contributed by atoms with Gasteiger partial charge in [0, 0.05) is 73.9 Å². The fourth-order valence-corrected chi connectivity index (χ4v) is 6.49. The Labute approximate surface area is 216 Å². The third kappa shape index (κ3) is 4.77. The average molecular weight is 500 g/mol. The summed E-state index contributed by atoms with van der Waals surface area (Å²) < 4.78 is 6.00. The molecule has 2 aromatic carbocycles. The molecule has 6 nitrogen and oxygen atoms in total. The van der Waals surface area contributed by atoms with Gasteiger partial charge >= 0.3 is 0 Å². The van der Waals surface area contributed by atoms with Crippen LogP contribution < -0.4 is 4.90 Å². The molecule has 0 unspecified atom stereocenters. The lowest BCUT2D eigenvalue weighted by Gasteiger charge is -2.39. The Morgan fingerprint density at radius 2 is 1.81 bits per heavy atom. The highest BCUT2D eigenvalue weighted by Crippen LogP contribution is 2.30. The number of aromatic amines is 1. The molecule has 6 rings (SSSR count). The number of carbonyl (C=O) groups is 1. The molecule has 2 aliphatic rings. The molecule has 0 spiro atoms. The molecule has 0 radical (unpaired) electrons. The van der Waals surface area contributed by atoms with E-state index in [2.05, 4.69) is 56.1 Å². The van der Waals surface area contributed by atoms with Crippen LogP contribution in [0.2, 0.25) is 0 Å². The lowest BCUT2D eigenvalue weighted by atomic mass is 9.98. The lowest BCUT2D eigenvalue weighted by molar-refractivity contribution is -0.129. The molecule has 4 aromatic rings. The highest BCUT2D eigenvalue weighted by Gasteiger charge is 2.27. The van der Waals surface area contributed by atoms with Crippen molar-refractivity contribution in [2.45, 2.75) is 31.7 Å². The van der Waals surface area contributed by atoms with Crippen molar-refractivity contribution in [1.29, 1.82) is 0 Å². The van der Waals surface area contributed by atoms with Gasteiger partial charge in [-0.3, -0.25) is 9.69 Å². The average Bonchev–Trinajstić information content (AvgIpc) is 3.55. The summed E-state index contributed by atoms with van der Waals surface area (Å²) in [5.74, 6) is 1.28. The Balaban J connectivity index is 1.04. The minimum atomic E-state index is 0.144. The zero-order valence-electron chi connectivity index (χ0n) is 20.6. The fraction of sp³-hybridized carbons (Fsp3) is 0.379. The van der Waals surface area contributed by atoms with Gasteiger partial charge in [-0.25, -0.2) is 0 Å². The summed E-state index contributed by atoms with van der Waals surface area (Å²) in [7, 11) is 0. The number of H-pyrrole nitrogens is 1. The molecular weight excluding hydrogens is 466 g/mol. The van der Waals surface area contributed by atoms with Crippen LogP contribution in [0.4, 0.5) is 5.82 Å². The van der Waals surface area contributed by atoms with Gasteiger partial charge in [0.15, 0.2) is 0 Å². The van der Waals surface area contributed by atoms with Crippen LogP contribution in [0.1, 0.15) is 31.2 Å². The van der Waals surface area contributed by atoms with Crippen LogP contribution in [0.3, 0.4) is 0 Å². The number of likely N-dealkylation sites (tertiary alicyclic amines) is 1. The second-order valence-electron chi connectivity index (χ2n) is 9.92. The van der Waals surface area contributed by atoms with Crippen LogP contribution in [0.5, 0.6) is 0 Å². The van der Waals surface area contributed by atoms with Gasteiger partial charge in [0.1, 0.15) is 5.82 Å². The standard InChI is InChI=1S/C29H33N5OS/c35-28(13-12-22-21-30-26-10-3-1-8-24(22)26)34-15-6-5-7-23(34)14-16-32-17-19-33(20-18-32)29-25-9-2-4-11-27(25)36-31-29/h1-4,8-13,21,23,30H,5-7,14-20H2/t23-/m0/s1. The van der Waals surface area contributed by atoms with Crippen molar-refractivity contribution in [2.24, 2.45) is 0 Å². The van der Waals surface area contributed by atoms with E-state index in [-0.39, 0.29) is 5.91 Å². The van der Waals surface area contributed by atoms with Crippen LogP contribution in [0.25, 0.3) is 27.1 Å². The van der Waals surface area contributed by atoms with E-state index in [1.807, 2.05) is 24.4 Å². The third-order valence-electron chi connectivity index (χ3n) is 7.75. The van der Waals surface area contributed by atoms with Crippen molar-refractivity contribution in [3.8, 4) is 0 Å². The number of aromatic nitrogens is 2. The number of rotatable bonds is 6. The highest BCUT2D eigenvalue weighted by atomic mass is 32.1. The fourth-order valence-electron chi connectivity index (χ4n) is 5.70. The smallest absolute Gasteiger partial charge is 0.246 e. The zero-order valence-corrected chi connectivity index (χ0v) is 21.4. The Kier molecular flexibility index (Phi) is 6.75. The maximum Gasteiger partial charge on any atom is 0.246 e. The topological polar surface area (TPSA) is 55.5 Å². The molecule has 2 aliphatic heterocycles. The first-order valence-corrected chi connectivity index (χ1v) is 13.9. The molecule has 1 atom stereocenters. The van der Waals surface area contributed by atoms with E-state index in [1.54, 1.807) is 17.6 Å². The number of fused-ring (bicyclic) bond motifs is 2. The van der Waals surface area contributed by atoms with Crippen molar-refractivity contribution < 1.29 is 4.79 Å². The first kappa shape index (κ1) is 23.3. The van der Waals surface area contributed by atoms with Crippen molar-refractivity contribution >= 4 is 50.3 Å². The van der Waals surface area contributed by atoms with E-state index in [0.717, 1.165) is 80.8 Å². The first-order valence-electron chi connectivity index (χ1n) is 13.1. The molecular formula is C29H33N5OS. The van der Waals surface area contributed by atoms with Crippen LogP contribution in [-0.2, 0) is 4.79 Å². The van der Waals surface area contributed by atoms with Gasteiger partial charge in [-0.1, -0.05) is 30.3 Å². The molecule has 0 saturated carbocycles. The SMILES string of the molecule is O=C(C=Cc1c[nH]c2ccccc12)N1CCCC[C@H]1CCN1CCN(c2nsc3ccccc23)CC1. The molecule has 186 valence electrons. The van der Waals surface area contributed by atoms with Crippen LogP contribution in [0.15, 0.2) is 60.8 Å². The molecule has 1 amide bonds. The van der Waals surface area contributed by atoms with Gasteiger partial charge in [-0.05, 0) is 67.1 Å². The Hall–Kier alpha value is -3.16. The van der Waals surface area contributed by atoms with Gasteiger partial charge < -0.3 is 14.8 Å². The maximum absolute atomic E-state index is 13.2. The summed E-state index contributed by atoms with van der Waals surface area (Å²) in [5.41, 5.74) is 2.17. The van der Waals surface area contributed by atoms with Gasteiger partial charge in [0.05, 0.1) is 4.70 Å². The van der Waals surface area contributed by atoms with E-state index >= 15 is 0 Å². The minimum absolute atomic E-state index is 0.144. The summed E-state index contributed by atoms with van der Waals surface area (Å²) in [5, 5.41) is 2.43. The maximum atomic E-state index is 13.2. The zero-order chi connectivity index (χ0) is 24.3. The summed E-state index contributed by atoms with van der Waals surface area (Å²) >= 11 is 1.59. The Morgan fingerprint density at radius 3 is 2.69 bits per heavy atom. The lowest BCUT2D eigenvalue weighted by Crippen LogP contribution is -2.49. The summed E-state index contributed by atoms with van der Waals surface area (Å²) in [6.07, 6.45) is 10.2. The number of amides is 1. The minimum Gasteiger partial charge on any atom is -0.361 e. The number of hydrogen-bond acceptors (Lipinski definition) is 5. The largest absolute Gasteiger partial charge is 0.361 e. The highest BCUT2D eigenvalue weighted by molar-refractivity contribution is 7.13. The predicted octanol–water partition coefficient (Wildman–Crippen LogP) is 5.38. The molecule has 1 N–H and O–H groups in total. The first-order chi connectivity index (χ1) is 17.8. The second kappa shape index (κ2) is 10.4. The van der Waals surface area contributed by atoms with Gasteiger partial charge in [0.2, 0.25) is 5.91 Å². The molecule has 2 fully saturated rings. The summed E-state index contributed by atoms with van der Waals surface area (Å²) in [6.45, 7) is 6.03. The summed E-state index contributed by atoms with van der Waals surface area (Å²) in [6, 6.07) is 17.1. The van der Waals surface area contributed by atoms with E-state index in [9.17, 15) is 4.79 Å². The number of nitrogens with one attached hydrogen (secondary N) is 1. The van der Waals surface area contributed by atoms with E-state index in [1.165, 1.54) is 16.5 Å². The number of para-hydroxylation sites is 1. The van der Waals surface area contributed by atoms with Crippen molar-refractivity contribution in [3.63, 3.8) is 0 Å². The molecule has 36 heavy (non-hydrogen) atoms. The van der Waals surface area contributed by atoms with Gasteiger partial charge in [-0.15, -0.1) is 0 Å². The Morgan fingerprint density at radius 1 is 1.00 bits per heavy atom. The van der Waals surface area contributed by atoms with Crippen molar-refractivity contribution in [1.82, 2.24) is 19.2 Å². The second-order valence-corrected chi connectivity index (χ2v) is 10.7. The van der Waals surface area contributed by atoms with Crippen LogP contribution >= 0.6 is 11.5 Å². The summed E-state index contributed by atoms with van der Waals surface area (Å²) in [4.78, 5) is 23.6. The van der Waals surface area contributed by atoms with Gasteiger partial charge in [0.25, 0.3) is 0 Å². The number of nitrogens with zero attached hydrogens (tertiary/aromatic N) is 4.